The Morgan fingerprint density at radius 2 is 1.57 bits per heavy atom. The summed E-state index contributed by atoms with van der Waals surface area (Å²) in [7, 11) is 0. The van der Waals surface area contributed by atoms with Crippen LogP contribution in [0.5, 0.6) is 11.5 Å². The molecule has 0 bridgehead atoms. The summed E-state index contributed by atoms with van der Waals surface area (Å²) in [6.45, 7) is 14.2. The van der Waals surface area contributed by atoms with E-state index in [4.69, 9.17) is 19.9 Å². The average Bonchev–Trinajstić information content (AvgIpc) is 3.69. The Balaban J connectivity index is 1.25. The fraction of sp³-hybridized carbons (Fsp3) is 0.613. The van der Waals surface area contributed by atoms with Gasteiger partial charge in [0, 0.05) is 18.0 Å². The summed E-state index contributed by atoms with van der Waals surface area (Å²) in [6, 6.07) is 16.8. The molecule has 4 rings (SSSR count). The van der Waals surface area contributed by atoms with E-state index in [9.17, 15) is 5.11 Å². The Hall–Kier alpha value is -2.12. The number of hydrogen-bond acceptors (Lipinski definition) is 6. The summed E-state index contributed by atoms with van der Waals surface area (Å²) < 4.78 is 16.9. The third-order valence-electron chi connectivity index (χ3n) is 8.01. The molecule has 2 aromatic rings. The third kappa shape index (κ3) is 7.70. The van der Waals surface area contributed by atoms with Crippen LogP contribution in [-0.2, 0) is 10.2 Å². The van der Waals surface area contributed by atoms with Crippen LogP contribution in [0.1, 0.15) is 65.0 Å². The number of nitrogens with one attached hydrogen (secondary N) is 1. The first-order valence-corrected chi connectivity index (χ1v) is 13.7. The van der Waals surface area contributed by atoms with E-state index in [1.165, 1.54) is 11.1 Å². The number of epoxide rings is 1. The summed E-state index contributed by atoms with van der Waals surface area (Å²) in [4.78, 5) is 0. The van der Waals surface area contributed by atoms with Gasteiger partial charge in [-0.05, 0) is 72.0 Å². The van der Waals surface area contributed by atoms with Crippen molar-refractivity contribution >= 4 is 0 Å². The second-order valence-electron chi connectivity index (χ2n) is 12.8. The first-order chi connectivity index (χ1) is 17.5. The molecule has 0 spiro atoms. The lowest BCUT2D eigenvalue weighted by atomic mass is 9.62. The quantitative estimate of drug-likeness (QED) is 0.360. The van der Waals surface area contributed by atoms with Crippen LogP contribution in [0.3, 0.4) is 0 Å². The SMILES string of the molecule is CC1(C)CC(NCC(O)COc2ccc(C(C)(C)c3ccc(OCC4CO4)cc3)cc2)CC(C)(CN)C1. The highest BCUT2D eigenvalue weighted by Gasteiger charge is 2.40. The molecule has 2 aliphatic rings. The highest BCUT2D eigenvalue weighted by Crippen LogP contribution is 2.45. The van der Waals surface area contributed by atoms with E-state index in [1.54, 1.807) is 0 Å². The zero-order valence-corrected chi connectivity index (χ0v) is 23.3. The minimum absolute atomic E-state index is 0.150. The highest BCUT2D eigenvalue weighted by atomic mass is 16.6. The fourth-order valence-electron chi connectivity index (χ4n) is 5.94. The summed E-state index contributed by atoms with van der Waals surface area (Å²) in [5.41, 5.74) is 8.74. The van der Waals surface area contributed by atoms with Crippen LogP contribution in [0.4, 0.5) is 0 Å². The van der Waals surface area contributed by atoms with Crippen LogP contribution in [0, 0.1) is 10.8 Å². The predicted octanol–water partition coefficient (Wildman–Crippen LogP) is 4.66. The summed E-state index contributed by atoms with van der Waals surface area (Å²) >= 11 is 0. The highest BCUT2D eigenvalue weighted by molar-refractivity contribution is 5.41. The number of nitrogens with two attached hydrogens (primary N) is 1. The Morgan fingerprint density at radius 3 is 2.11 bits per heavy atom. The molecule has 0 radical (unpaired) electrons. The van der Waals surface area contributed by atoms with Crippen LogP contribution in [0.25, 0.3) is 0 Å². The first-order valence-electron chi connectivity index (χ1n) is 13.7. The minimum atomic E-state index is -0.572. The monoisotopic (exact) mass is 510 g/mol. The summed E-state index contributed by atoms with van der Waals surface area (Å²) in [5, 5.41) is 14.1. The molecule has 1 heterocycles. The normalized spacial score (nSPS) is 25.9. The van der Waals surface area contributed by atoms with Gasteiger partial charge in [-0.3, -0.25) is 0 Å². The number of aliphatic hydroxyl groups is 1. The smallest absolute Gasteiger partial charge is 0.119 e. The molecule has 1 aliphatic carbocycles. The zero-order valence-electron chi connectivity index (χ0n) is 23.3. The second-order valence-corrected chi connectivity index (χ2v) is 12.8. The Bertz CT molecular complexity index is 1000. The Morgan fingerprint density at radius 1 is 1.00 bits per heavy atom. The van der Waals surface area contributed by atoms with Crippen LogP contribution in [0.15, 0.2) is 48.5 Å². The standard InChI is InChI=1S/C31H46N2O4/c1-29(2)14-24(15-31(5,20-29)21-32)33-16-25(34)17-35-26-10-6-22(7-11-26)30(3,4)23-8-12-27(13-9-23)36-18-28-19-37-28/h6-13,24-25,28,33-34H,14-21,32H2,1-5H3. The van der Waals surface area contributed by atoms with Gasteiger partial charge in [-0.25, -0.2) is 0 Å². The van der Waals surface area contributed by atoms with E-state index in [1.807, 2.05) is 24.3 Å². The van der Waals surface area contributed by atoms with Crippen LogP contribution in [-0.4, -0.2) is 56.3 Å². The van der Waals surface area contributed by atoms with Crippen molar-refractivity contribution in [2.45, 2.75) is 77.5 Å². The average molecular weight is 511 g/mol. The molecule has 0 amide bonds. The van der Waals surface area contributed by atoms with Crippen molar-refractivity contribution in [2.24, 2.45) is 16.6 Å². The van der Waals surface area contributed by atoms with E-state index < -0.39 is 6.10 Å². The molecule has 0 aromatic heterocycles. The molecule has 1 saturated carbocycles. The third-order valence-corrected chi connectivity index (χ3v) is 8.01. The van der Waals surface area contributed by atoms with Crippen LogP contribution >= 0.6 is 0 Å². The van der Waals surface area contributed by atoms with E-state index in [2.05, 4.69) is 64.2 Å². The fourth-order valence-corrected chi connectivity index (χ4v) is 5.94. The lowest BCUT2D eigenvalue weighted by molar-refractivity contribution is 0.0609. The maximum atomic E-state index is 10.6. The number of benzene rings is 2. The molecular formula is C31H46N2O4. The minimum Gasteiger partial charge on any atom is -0.491 e. The maximum absolute atomic E-state index is 10.6. The second kappa shape index (κ2) is 11.3. The van der Waals surface area contributed by atoms with E-state index >= 15 is 0 Å². The molecule has 4 N–H and O–H groups in total. The van der Waals surface area contributed by atoms with Crippen molar-refractivity contribution in [3.05, 3.63) is 59.7 Å². The topological polar surface area (TPSA) is 89.3 Å². The van der Waals surface area contributed by atoms with Crippen molar-refractivity contribution in [1.29, 1.82) is 0 Å². The van der Waals surface area contributed by atoms with Crippen LogP contribution < -0.4 is 20.5 Å². The van der Waals surface area contributed by atoms with Gasteiger partial charge in [0.05, 0.1) is 6.61 Å². The summed E-state index contributed by atoms with van der Waals surface area (Å²) in [6.07, 6.45) is 2.97. The summed E-state index contributed by atoms with van der Waals surface area (Å²) in [5.74, 6) is 1.63. The van der Waals surface area contributed by atoms with Gasteiger partial charge in [0.1, 0.15) is 36.9 Å². The van der Waals surface area contributed by atoms with E-state index in [0.717, 1.165) is 37.4 Å². The largest absolute Gasteiger partial charge is 0.491 e. The Kier molecular flexibility index (Phi) is 8.54. The molecular weight excluding hydrogens is 464 g/mol. The van der Waals surface area contributed by atoms with Gasteiger partial charge in [0.25, 0.3) is 0 Å². The first kappa shape index (κ1) is 27.9. The molecule has 1 aliphatic heterocycles. The molecule has 37 heavy (non-hydrogen) atoms. The molecule has 4 atom stereocenters. The van der Waals surface area contributed by atoms with Gasteiger partial charge in [-0.15, -0.1) is 0 Å². The molecule has 2 fully saturated rings. The Labute approximate surface area is 222 Å². The predicted molar refractivity (Wildman–Crippen MR) is 148 cm³/mol. The number of rotatable bonds is 12. The number of ether oxygens (including phenoxy) is 3. The van der Waals surface area contributed by atoms with Crippen molar-refractivity contribution in [3.63, 3.8) is 0 Å². The van der Waals surface area contributed by atoms with E-state index in [0.29, 0.717) is 25.7 Å². The zero-order chi connectivity index (χ0) is 26.7. The maximum Gasteiger partial charge on any atom is 0.119 e. The van der Waals surface area contributed by atoms with Gasteiger partial charge in [-0.1, -0.05) is 58.9 Å². The molecule has 4 unspecified atom stereocenters. The molecule has 6 heteroatoms. The van der Waals surface area contributed by atoms with Gasteiger partial charge >= 0.3 is 0 Å². The van der Waals surface area contributed by atoms with E-state index in [-0.39, 0.29) is 29.0 Å². The number of hydrogen-bond donors (Lipinski definition) is 3. The van der Waals surface area contributed by atoms with Gasteiger partial charge in [0.15, 0.2) is 0 Å². The lowest BCUT2D eigenvalue weighted by Gasteiger charge is -2.46. The molecule has 1 saturated heterocycles. The van der Waals surface area contributed by atoms with Gasteiger partial charge < -0.3 is 30.4 Å². The van der Waals surface area contributed by atoms with Crippen molar-refractivity contribution in [3.8, 4) is 11.5 Å². The molecule has 204 valence electrons. The molecule has 6 nitrogen and oxygen atoms in total. The van der Waals surface area contributed by atoms with Crippen LogP contribution in [0.2, 0.25) is 0 Å². The van der Waals surface area contributed by atoms with Crippen molar-refractivity contribution in [2.75, 3.05) is 32.9 Å². The van der Waals surface area contributed by atoms with Crippen molar-refractivity contribution in [1.82, 2.24) is 5.32 Å². The molecule has 2 aromatic carbocycles. The van der Waals surface area contributed by atoms with Gasteiger partial charge in [0.2, 0.25) is 0 Å². The van der Waals surface area contributed by atoms with Crippen molar-refractivity contribution < 1.29 is 19.3 Å². The van der Waals surface area contributed by atoms with Gasteiger partial charge in [-0.2, -0.15) is 0 Å². The lowest BCUT2D eigenvalue weighted by Crippen LogP contribution is -2.49. The number of aliphatic hydroxyl groups excluding tert-OH is 1.